The summed E-state index contributed by atoms with van der Waals surface area (Å²) in [5.41, 5.74) is 4.62. The second kappa shape index (κ2) is 10.5. The molecule has 180 valence electrons. The molecule has 0 aliphatic heterocycles. The number of carbonyl (C=O) groups excluding carboxylic acids is 1. The summed E-state index contributed by atoms with van der Waals surface area (Å²) in [6, 6.07) is 20.0. The number of benzene rings is 3. The molecule has 35 heavy (non-hydrogen) atoms. The Morgan fingerprint density at radius 3 is 2.09 bits per heavy atom. The minimum atomic E-state index is -0.212. The molecular formula is C27H26ClN3O4. The summed E-state index contributed by atoms with van der Waals surface area (Å²) in [6.07, 6.45) is 0. The number of rotatable bonds is 8. The molecule has 7 nitrogen and oxygen atoms in total. The average Bonchev–Trinajstić information content (AvgIpc) is 3.15. The molecule has 0 aliphatic carbocycles. The summed E-state index contributed by atoms with van der Waals surface area (Å²) in [5.74, 6) is 1.83. The lowest BCUT2D eigenvalue weighted by Crippen LogP contribution is -2.12. The Morgan fingerprint density at radius 1 is 0.914 bits per heavy atom. The fraction of sp³-hybridized carbons (Fsp3) is 0.185. The molecule has 4 aromatic rings. The number of nitrogens with zero attached hydrogens (tertiary/aromatic N) is 2. The minimum absolute atomic E-state index is 0.212. The first-order chi connectivity index (χ1) is 16.9. The molecule has 0 aliphatic rings. The number of hydrogen-bond donors (Lipinski definition) is 1. The van der Waals surface area contributed by atoms with Crippen LogP contribution in [0.1, 0.15) is 27.3 Å². The Morgan fingerprint density at radius 2 is 1.54 bits per heavy atom. The molecule has 1 N–H and O–H groups in total. The van der Waals surface area contributed by atoms with Gasteiger partial charge < -0.3 is 19.5 Å². The highest BCUT2D eigenvalue weighted by molar-refractivity contribution is 6.31. The summed E-state index contributed by atoms with van der Waals surface area (Å²) in [6.45, 7) is 4.12. The van der Waals surface area contributed by atoms with Crippen LogP contribution in [0.2, 0.25) is 5.02 Å². The topological polar surface area (TPSA) is 74.6 Å². The largest absolute Gasteiger partial charge is 0.497 e. The van der Waals surface area contributed by atoms with Gasteiger partial charge in [0.15, 0.2) is 0 Å². The summed E-state index contributed by atoms with van der Waals surface area (Å²) in [5, 5.41) is 8.01. The summed E-state index contributed by atoms with van der Waals surface area (Å²) in [4.78, 5) is 12.7. The zero-order valence-corrected chi connectivity index (χ0v) is 20.7. The molecule has 0 unspecified atom stereocenters. The lowest BCUT2D eigenvalue weighted by Gasteiger charge is -2.11. The van der Waals surface area contributed by atoms with Gasteiger partial charge in [-0.05, 0) is 80.1 Å². The molecule has 0 saturated carbocycles. The Bertz CT molecular complexity index is 1310. The van der Waals surface area contributed by atoms with Gasteiger partial charge in [-0.15, -0.1) is 0 Å². The molecule has 1 heterocycles. The number of ether oxygens (including phenoxy) is 3. The Kier molecular flexibility index (Phi) is 7.27. The van der Waals surface area contributed by atoms with Gasteiger partial charge in [0.2, 0.25) is 0 Å². The van der Waals surface area contributed by atoms with Crippen molar-refractivity contribution in [3.8, 4) is 22.9 Å². The maximum Gasteiger partial charge on any atom is 0.255 e. The zero-order chi connectivity index (χ0) is 24.9. The van der Waals surface area contributed by atoms with Gasteiger partial charge in [-0.2, -0.15) is 5.10 Å². The first-order valence-corrected chi connectivity index (χ1v) is 11.3. The smallest absolute Gasteiger partial charge is 0.255 e. The predicted molar refractivity (Wildman–Crippen MR) is 136 cm³/mol. The lowest BCUT2D eigenvalue weighted by atomic mass is 10.2. The third-order valence-corrected chi connectivity index (χ3v) is 6.05. The van der Waals surface area contributed by atoms with Gasteiger partial charge in [0.05, 0.1) is 36.3 Å². The molecule has 0 fully saturated rings. The highest BCUT2D eigenvalue weighted by atomic mass is 35.5. The molecule has 4 rings (SSSR count). The third kappa shape index (κ3) is 5.58. The van der Waals surface area contributed by atoms with E-state index in [0.717, 1.165) is 22.6 Å². The van der Waals surface area contributed by atoms with Crippen LogP contribution in [0.15, 0.2) is 66.7 Å². The van der Waals surface area contributed by atoms with Gasteiger partial charge >= 0.3 is 0 Å². The van der Waals surface area contributed by atoms with E-state index in [1.807, 2.05) is 50.2 Å². The van der Waals surface area contributed by atoms with Crippen LogP contribution in [0.5, 0.6) is 17.2 Å². The summed E-state index contributed by atoms with van der Waals surface area (Å²) >= 11 is 6.24. The van der Waals surface area contributed by atoms with E-state index in [0.29, 0.717) is 40.1 Å². The number of carbonyl (C=O) groups is 1. The van der Waals surface area contributed by atoms with Crippen LogP contribution >= 0.6 is 11.6 Å². The molecule has 0 saturated heterocycles. The molecule has 8 heteroatoms. The van der Waals surface area contributed by atoms with Gasteiger partial charge in [0.1, 0.15) is 23.9 Å². The Balaban J connectivity index is 1.37. The van der Waals surface area contributed by atoms with E-state index in [4.69, 9.17) is 25.8 Å². The molecule has 0 radical (unpaired) electrons. The molecule has 3 aromatic carbocycles. The maximum absolute atomic E-state index is 12.7. The second-order valence-electron chi connectivity index (χ2n) is 7.93. The van der Waals surface area contributed by atoms with Crippen LogP contribution in [0.4, 0.5) is 5.69 Å². The van der Waals surface area contributed by atoms with Crippen LogP contribution in [0.3, 0.4) is 0 Å². The number of nitrogens with one attached hydrogen (secondary N) is 1. The number of hydrogen-bond acceptors (Lipinski definition) is 5. The number of aryl methyl sites for hydroxylation is 1. The number of methoxy groups -OCH3 is 2. The highest BCUT2D eigenvalue weighted by Gasteiger charge is 2.12. The number of aromatic nitrogens is 2. The van der Waals surface area contributed by atoms with E-state index in [1.54, 1.807) is 49.2 Å². The van der Waals surface area contributed by atoms with Crippen LogP contribution in [0, 0.1) is 13.8 Å². The Hall–Kier alpha value is -3.97. The van der Waals surface area contributed by atoms with Gasteiger partial charge in [0.25, 0.3) is 5.91 Å². The lowest BCUT2D eigenvalue weighted by molar-refractivity contribution is 0.102. The highest BCUT2D eigenvalue weighted by Crippen LogP contribution is 2.25. The number of anilines is 1. The van der Waals surface area contributed by atoms with Crippen molar-refractivity contribution < 1.29 is 19.0 Å². The van der Waals surface area contributed by atoms with Gasteiger partial charge in [0, 0.05) is 17.3 Å². The van der Waals surface area contributed by atoms with Crippen molar-refractivity contribution in [3.05, 3.63) is 94.3 Å². The SMILES string of the molecule is COc1cc(COc2ccc(C(=O)Nc3ccc(-n4nc(C)c(Cl)c4C)cc3)cc2)cc(OC)c1. The first-order valence-electron chi connectivity index (χ1n) is 11.0. The fourth-order valence-electron chi connectivity index (χ4n) is 3.58. The van der Waals surface area contributed by atoms with E-state index in [2.05, 4.69) is 10.4 Å². The van der Waals surface area contributed by atoms with Crippen molar-refractivity contribution in [2.24, 2.45) is 0 Å². The predicted octanol–water partition coefficient (Wildman–Crippen LogP) is 5.99. The molecule has 1 aromatic heterocycles. The summed E-state index contributed by atoms with van der Waals surface area (Å²) in [7, 11) is 3.21. The van der Waals surface area contributed by atoms with Crippen molar-refractivity contribution in [3.63, 3.8) is 0 Å². The number of halogens is 1. The second-order valence-corrected chi connectivity index (χ2v) is 8.31. The van der Waals surface area contributed by atoms with E-state index >= 15 is 0 Å². The van der Waals surface area contributed by atoms with Crippen LogP contribution in [0.25, 0.3) is 5.69 Å². The third-order valence-electron chi connectivity index (χ3n) is 5.51. The zero-order valence-electron chi connectivity index (χ0n) is 20.0. The fourth-order valence-corrected chi connectivity index (χ4v) is 3.70. The van der Waals surface area contributed by atoms with Crippen molar-refractivity contribution in [1.29, 1.82) is 0 Å². The van der Waals surface area contributed by atoms with Crippen molar-refractivity contribution >= 4 is 23.2 Å². The number of amides is 1. The van der Waals surface area contributed by atoms with E-state index in [9.17, 15) is 4.79 Å². The molecule has 0 bridgehead atoms. The van der Waals surface area contributed by atoms with Gasteiger partial charge in [-0.25, -0.2) is 4.68 Å². The first kappa shape index (κ1) is 24.2. The monoisotopic (exact) mass is 491 g/mol. The molecular weight excluding hydrogens is 466 g/mol. The Labute approximate surface area is 209 Å². The van der Waals surface area contributed by atoms with Crippen molar-refractivity contribution in [2.45, 2.75) is 20.5 Å². The quantitative estimate of drug-likeness (QED) is 0.327. The minimum Gasteiger partial charge on any atom is -0.497 e. The normalized spacial score (nSPS) is 10.7. The van der Waals surface area contributed by atoms with Gasteiger partial charge in [-0.3, -0.25) is 4.79 Å². The average molecular weight is 492 g/mol. The molecule has 0 spiro atoms. The van der Waals surface area contributed by atoms with Crippen LogP contribution in [-0.4, -0.2) is 29.9 Å². The van der Waals surface area contributed by atoms with Crippen molar-refractivity contribution in [1.82, 2.24) is 9.78 Å². The summed E-state index contributed by atoms with van der Waals surface area (Å²) < 4.78 is 18.2. The molecule has 0 atom stereocenters. The van der Waals surface area contributed by atoms with Crippen LogP contribution in [-0.2, 0) is 6.61 Å². The maximum atomic E-state index is 12.7. The van der Waals surface area contributed by atoms with E-state index in [1.165, 1.54) is 0 Å². The van der Waals surface area contributed by atoms with E-state index in [-0.39, 0.29) is 5.91 Å². The molecule has 1 amide bonds. The van der Waals surface area contributed by atoms with Crippen molar-refractivity contribution in [2.75, 3.05) is 19.5 Å². The van der Waals surface area contributed by atoms with E-state index < -0.39 is 0 Å². The standard InChI is InChI=1S/C27H26ClN3O4/c1-17-26(28)18(2)31(30-17)22-9-7-21(8-10-22)29-27(32)20-5-11-23(12-6-20)35-16-19-13-24(33-3)15-25(14-19)34-4/h5-15H,16H2,1-4H3,(H,29,32). The van der Waals surface area contributed by atoms with Gasteiger partial charge in [-0.1, -0.05) is 11.6 Å². The van der Waals surface area contributed by atoms with Crippen LogP contribution < -0.4 is 19.5 Å².